The molecule has 0 bridgehead atoms. The van der Waals surface area contributed by atoms with Crippen molar-refractivity contribution < 1.29 is 24.6 Å². The molecule has 0 radical (unpaired) electrons. The molecule has 0 aliphatic carbocycles. The van der Waals surface area contributed by atoms with Crippen molar-refractivity contribution in [3.8, 4) is 0 Å². The van der Waals surface area contributed by atoms with Crippen LogP contribution >= 0.6 is 0 Å². The van der Waals surface area contributed by atoms with Gasteiger partial charge in [-0.15, -0.1) is 0 Å². The highest BCUT2D eigenvalue weighted by atomic mass is 16.4. The van der Waals surface area contributed by atoms with Crippen molar-refractivity contribution in [2.45, 2.75) is 18.6 Å². The Labute approximate surface area is 120 Å². The molecule has 0 aromatic heterocycles. The van der Waals surface area contributed by atoms with Crippen molar-refractivity contribution >= 4 is 17.9 Å². The van der Waals surface area contributed by atoms with Gasteiger partial charge in [0.15, 0.2) is 0 Å². The lowest BCUT2D eigenvalue weighted by atomic mass is 10.1. The number of β-amino-alcohol motifs (C(OH)–C–C–N with tert-alkyl or cyclic N) is 1. The van der Waals surface area contributed by atoms with Crippen molar-refractivity contribution in [1.82, 2.24) is 9.80 Å². The van der Waals surface area contributed by atoms with Crippen LogP contribution in [0.2, 0.25) is 0 Å². The number of hydrogen-bond donors (Lipinski definition) is 2. The van der Waals surface area contributed by atoms with E-state index in [9.17, 15) is 19.5 Å². The molecule has 7 heteroatoms. The van der Waals surface area contributed by atoms with E-state index in [-0.39, 0.29) is 19.5 Å². The van der Waals surface area contributed by atoms with Crippen LogP contribution in [0.4, 0.5) is 4.79 Å². The first-order chi connectivity index (χ1) is 9.99. The third-order valence-electron chi connectivity index (χ3n) is 3.91. The van der Waals surface area contributed by atoms with E-state index >= 15 is 0 Å². The maximum absolute atomic E-state index is 12.2. The van der Waals surface area contributed by atoms with E-state index in [0.717, 1.165) is 9.80 Å². The SMILES string of the molecule is O=C1c2ccccc2C(=O)N1C[C@H]1C[C@H](O)CN1C(=O)O. The normalized spacial score (nSPS) is 24.6. The van der Waals surface area contributed by atoms with Crippen LogP contribution in [-0.2, 0) is 0 Å². The summed E-state index contributed by atoms with van der Waals surface area (Å²) in [5, 5.41) is 18.7. The minimum Gasteiger partial charge on any atom is -0.465 e. The van der Waals surface area contributed by atoms with Crippen LogP contribution in [0.3, 0.4) is 0 Å². The van der Waals surface area contributed by atoms with Gasteiger partial charge < -0.3 is 15.1 Å². The molecule has 2 aliphatic heterocycles. The van der Waals surface area contributed by atoms with E-state index in [1.54, 1.807) is 24.3 Å². The van der Waals surface area contributed by atoms with Crippen molar-refractivity contribution in [2.75, 3.05) is 13.1 Å². The Kier molecular flexibility index (Phi) is 3.13. The quantitative estimate of drug-likeness (QED) is 0.768. The van der Waals surface area contributed by atoms with Gasteiger partial charge in [0, 0.05) is 0 Å². The third-order valence-corrected chi connectivity index (χ3v) is 3.91. The molecule has 0 spiro atoms. The van der Waals surface area contributed by atoms with Crippen LogP contribution in [0.25, 0.3) is 0 Å². The molecule has 7 nitrogen and oxygen atoms in total. The zero-order valence-corrected chi connectivity index (χ0v) is 11.1. The van der Waals surface area contributed by atoms with Crippen molar-refractivity contribution in [3.05, 3.63) is 35.4 Å². The Morgan fingerprint density at radius 2 is 1.76 bits per heavy atom. The van der Waals surface area contributed by atoms with Gasteiger partial charge in [0.05, 0.1) is 36.4 Å². The number of hydrogen-bond acceptors (Lipinski definition) is 4. The first kappa shape index (κ1) is 13.6. The molecule has 1 fully saturated rings. The average molecular weight is 290 g/mol. The van der Waals surface area contributed by atoms with Crippen LogP contribution in [0, 0.1) is 0 Å². The van der Waals surface area contributed by atoms with Crippen LogP contribution in [0.1, 0.15) is 27.1 Å². The number of amides is 3. The lowest BCUT2D eigenvalue weighted by Gasteiger charge is -2.25. The van der Waals surface area contributed by atoms with Gasteiger partial charge in [-0.3, -0.25) is 14.5 Å². The number of imide groups is 1. The summed E-state index contributed by atoms with van der Waals surface area (Å²) in [5.41, 5.74) is 0.672. The van der Waals surface area contributed by atoms with Crippen LogP contribution < -0.4 is 0 Å². The second-order valence-electron chi connectivity index (χ2n) is 5.24. The number of rotatable bonds is 2. The summed E-state index contributed by atoms with van der Waals surface area (Å²) in [6.07, 6.45) is -1.70. The zero-order valence-electron chi connectivity index (χ0n) is 11.1. The largest absolute Gasteiger partial charge is 0.465 e. The van der Waals surface area contributed by atoms with E-state index in [4.69, 9.17) is 5.11 Å². The van der Waals surface area contributed by atoms with E-state index in [1.165, 1.54) is 0 Å². The number of likely N-dealkylation sites (tertiary alicyclic amines) is 1. The first-order valence-corrected chi connectivity index (χ1v) is 6.62. The maximum Gasteiger partial charge on any atom is 0.407 e. The summed E-state index contributed by atoms with van der Waals surface area (Å²) in [5.74, 6) is -0.829. The average Bonchev–Trinajstić information content (AvgIpc) is 2.94. The molecule has 0 unspecified atom stereocenters. The molecule has 2 aliphatic rings. The monoisotopic (exact) mass is 290 g/mol. The summed E-state index contributed by atoms with van der Waals surface area (Å²) in [7, 11) is 0. The highest BCUT2D eigenvalue weighted by Gasteiger charge is 2.41. The Morgan fingerprint density at radius 1 is 1.19 bits per heavy atom. The topological polar surface area (TPSA) is 98.2 Å². The Hall–Kier alpha value is -2.41. The standard InChI is InChI=1S/C14H14N2O5/c17-9-5-8(15(7-9)14(20)21)6-16-12(18)10-3-1-2-4-11(10)13(16)19/h1-4,8-9,17H,5-7H2,(H,20,21)/t8-,9+/m1/s1. The Morgan fingerprint density at radius 3 is 2.29 bits per heavy atom. The molecular weight excluding hydrogens is 276 g/mol. The van der Waals surface area contributed by atoms with E-state index < -0.39 is 30.1 Å². The molecule has 3 amide bonds. The predicted molar refractivity (Wildman–Crippen MR) is 71.0 cm³/mol. The lowest BCUT2D eigenvalue weighted by Crippen LogP contribution is -2.44. The van der Waals surface area contributed by atoms with E-state index in [1.807, 2.05) is 0 Å². The lowest BCUT2D eigenvalue weighted by molar-refractivity contribution is 0.0603. The van der Waals surface area contributed by atoms with Crippen molar-refractivity contribution in [1.29, 1.82) is 0 Å². The second kappa shape index (κ2) is 4.85. The molecular formula is C14H14N2O5. The summed E-state index contributed by atoms with van der Waals surface area (Å²) in [6, 6.07) is 5.94. The van der Waals surface area contributed by atoms with Gasteiger partial charge in [-0.25, -0.2) is 4.79 Å². The number of nitrogens with zero attached hydrogens (tertiary/aromatic N) is 2. The number of carbonyl (C=O) groups excluding carboxylic acids is 2. The molecule has 21 heavy (non-hydrogen) atoms. The number of benzene rings is 1. The smallest absolute Gasteiger partial charge is 0.407 e. The maximum atomic E-state index is 12.2. The number of carboxylic acid groups (broad SMARTS) is 1. The van der Waals surface area contributed by atoms with Gasteiger partial charge in [-0.2, -0.15) is 0 Å². The first-order valence-electron chi connectivity index (χ1n) is 6.62. The van der Waals surface area contributed by atoms with Gasteiger partial charge in [-0.05, 0) is 18.6 Å². The van der Waals surface area contributed by atoms with E-state index in [2.05, 4.69) is 0 Å². The second-order valence-corrected chi connectivity index (χ2v) is 5.24. The summed E-state index contributed by atoms with van der Waals surface area (Å²) < 4.78 is 0. The fourth-order valence-electron chi connectivity index (χ4n) is 2.92. The minimum absolute atomic E-state index is 0.00314. The van der Waals surface area contributed by atoms with Crippen molar-refractivity contribution in [3.63, 3.8) is 0 Å². The van der Waals surface area contributed by atoms with Gasteiger partial charge in [0.2, 0.25) is 0 Å². The van der Waals surface area contributed by atoms with Gasteiger partial charge >= 0.3 is 6.09 Å². The molecule has 1 aromatic carbocycles. The molecule has 110 valence electrons. The number of carbonyl (C=O) groups is 3. The molecule has 2 N–H and O–H groups in total. The third kappa shape index (κ3) is 2.15. The zero-order chi connectivity index (χ0) is 15.1. The van der Waals surface area contributed by atoms with Crippen LogP contribution in [0.5, 0.6) is 0 Å². The molecule has 2 heterocycles. The van der Waals surface area contributed by atoms with Gasteiger partial charge in [0.1, 0.15) is 0 Å². The molecule has 3 rings (SSSR count). The highest BCUT2D eigenvalue weighted by Crippen LogP contribution is 2.26. The van der Waals surface area contributed by atoms with Gasteiger partial charge in [-0.1, -0.05) is 12.1 Å². The summed E-state index contributed by atoms with van der Waals surface area (Å²) >= 11 is 0. The number of aliphatic hydroxyl groups excluding tert-OH is 1. The van der Waals surface area contributed by atoms with Crippen LogP contribution in [-0.4, -0.2) is 63.2 Å². The fraction of sp³-hybridized carbons (Fsp3) is 0.357. The minimum atomic E-state index is -1.16. The number of aliphatic hydroxyl groups is 1. The number of fused-ring (bicyclic) bond motifs is 1. The van der Waals surface area contributed by atoms with Crippen molar-refractivity contribution in [2.24, 2.45) is 0 Å². The van der Waals surface area contributed by atoms with Gasteiger partial charge in [0.25, 0.3) is 11.8 Å². The fourth-order valence-corrected chi connectivity index (χ4v) is 2.92. The van der Waals surface area contributed by atoms with Crippen LogP contribution in [0.15, 0.2) is 24.3 Å². The summed E-state index contributed by atoms with van der Waals surface area (Å²) in [4.78, 5) is 37.7. The molecule has 2 atom stereocenters. The molecule has 0 saturated carbocycles. The Balaban J connectivity index is 1.82. The predicted octanol–water partition coefficient (Wildman–Crippen LogP) is 0.396. The van der Waals surface area contributed by atoms with E-state index in [0.29, 0.717) is 11.1 Å². The summed E-state index contributed by atoms with van der Waals surface area (Å²) in [6.45, 7) is -0.0289. The highest BCUT2D eigenvalue weighted by molar-refractivity contribution is 6.21. The molecule has 1 saturated heterocycles. The molecule has 1 aromatic rings. The Bertz CT molecular complexity index is 595.